The summed E-state index contributed by atoms with van der Waals surface area (Å²) in [5.74, 6) is 0.486. The highest BCUT2D eigenvalue weighted by atomic mass is 16.6. The Morgan fingerprint density at radius 3 is 2.03 bits per heavy atom. The zero-order valence-electron chi connectivity index (χ0n) is 19.2. The summed E-state index contributed by atoms with van der Waals surface area (Å²) in [6, 6.07) is 30.8. The van der Waals surface area contributed by atoms with Crippen molar-refractivity contribution in [3.8, 4) is 0 Å². The van der Waals surface area contributed by atoms with Gasteiger partial charge in [-0.25, -0.2) is 4.79 Å². The van der Waals surface area contributed by atoms with Crippen molar-refractivity contribution in [3.63, 3.8) is 0 Å². The quantitative estimate of drug-likeness (QED) is 0.442. The van der Waals surface area contributed by atoms with Crippen LogP contribution >= 0.6 is 0 Å². The van der Waals surface area contributed by atoms with Gasteiger partial charge in [0.15, 0.2) is 6.10 Å². The van der Waals surface area contributed by atoms with Crippen LogP contribution in [0.15, 0.2) is 91.0 Å². The molecule has 4 heteroatoms. The van der Waals surface area contributed by atoms with Gasteiger partial charge in [0, 0.05) is 30.9 Å². The van der Waals surface area contributed by atoms with E-state index in [1.165, 1.54) is 18.7 Å². The van der Waals surface area contributed by atoms with E-state index >= 15 is 0 Å². The third-order valence-corrected chi connectivity index (χ3v) is 7.48. The Morgan fingerprint density at radius 1 is 0.818 bits per heavy atom. The molecule has 0 unspecified atom stereocenters. The second kappa shape index (κ2) is 9.80. The second-order valence-electron chi connectivity index (χ2n) is 9.60. The van der Waals surface area contributed by atoms with Crippen molar-refractivity contribution in [3.05, 3.63) is 102 Å². The fourth-order valence-electron chi connectivity index (χ4n) is 5.51. The van der Waals surface area contributed by atoms with E-state index in [1.807, 2.05) is 48.5 Å². The molecule has 4 nitrogen and oxygen atoms in total. The van der Waals surface area contributed by atoms with Gasteiger partial charge in [-0.05, 0) is 23.3 Å². The number of hydrogen-bond acceptors (Lipinski definition) is 2. The largest absolute Gasteiger partial charge is 0.440 e. The molecule has 3 aliphatic rings. The van der Waals surface area contributed by atoms with Crippen LogP contribution in [0.2, 0.25) is 0 Å². The number of para-hydroxylation sites is 1. The molecule has 0 N–H and O–H groups in total. The fourth-order valence-corrected chi connectivity index (χ4v) is 5.51. The van der Waals surface area contributed by atoms with E-state index in [-0.39, 0.29) is 12.2 Å². The Bertz CT molecular complexity index is 1030. The third-order valence-electron chi connectivity index (χ3n) is 7.48. The molecule has 3 heterocycles. The van der Waals surface area contributed by atoms with Crippen LogP contribution in [-0.2, 0) is 17.7 Å². The van der Waals surface area contributed by atoms with E-state index in [9.17, 15) is 4.79 Å². The molecule has 6 rings (SSSR count). The average Bonchev–Trinajstić information content (AvgIpc) is 2.88. The van der Waals surface area contributed by atoms with Crippen molar-refractivity contribution >= 4 is 11.8 Å². The highest BCUT2D eigenvalue weighted by molar-refractivity contribution is 5.87. The summed E-state index contributed by atoms with van der Waals surface area (Å²) >= 11 is 0. The topological polar surface area (TPSA) is 29.5 Å². The second-order valence-corrected chi connectivity index (χ2v) is 9.60. The SMILES string of the molecule is O=C(O[C@H]1C[N+]2(CCc3ccccc3)CCC1CC2)N(Cc1ccccc1)c1ccccc1. The standard InChI is InChI=1S/C29H33N2O2/c32-29(30(27-14-8-3-9-15-27)22-25-12-6-2-7-13-25)33-28-23-31(20-17-26(28)18-21-31)19-16-24-10-4-1-5-11-24/h1-15,26,28H,16-23H2/q+1/t26?,28-,31?/m0/s1. The summed E-state index contributed by atoms with van der Waals surface area (Å²) in [7, 11) is 0. The highest BCUT2D eigenvalue weighted by Crippen LogP contribution is 2.36. The van der Waals surface area contributed by atoms with Crippen LogP contribution < -0.4 is 4.90 Å². The van der Waals surface area contributed by atoms with Crippen molar-refractivity contribution in [2.45, 2.75) is 31.9 Å². The minimum atomic E-state index is -0.231. The Morgan fingerprint density at radius 2 is 1.39 bits per heavy atom. The zero-order chi connectivity index (χ0) is 22.5. The summed E-state index contributed by atoms with van der Waals surface area (Å²) < 4.78 is 7.34. The van der Waals surface area contributed by atoms with E-state index in [0.717, 1.165) is 48.1 Å². The summed E-state index contributed by atoms with van der Waals surface area (Å²) in [6.07, 6.45) is 3.15. The normalized spacial score (nSPS) is 23.8. The summed E-state index contributed by atoms with van der Waals surface area (Å²) in [6.45, 7) is 4.99. The molecule has 3 aromatic carbocycles. The number of fused-ring (bicyclic) bond motifs is 3. The molecule has 2 bridgehead atoms. The number of benzene rings is 3. The maximum atomic E-state index is 13.5. The van der Waals surface area contributed by atoms with Gasteiger partial charge in [-0.1, -0.05) is 78.9 Å². The number of anilines is 1. The molecular weight excluding hydrogens is 408 g/mol. The summed E-state index contributed by atoms with van der Waals surface area (Å²) in [5.41, 5.74) is 3.36. The van der Waals surface area contributed by atoms with Gasteiger partial charge in [0.25, 0.3) is 0 Å². The van der Waals surface area contributed by atoms with Crippen LogP contribution in [0.4, 0.5) is 10.5 Å². The molecule has 0 spiro atoms. The van der Waals surface area contributed by atoms with Crippen LogP contribution in [0.1, 0.15) is 24.0 Å². The van der Waals surface area contributed by atoms with Crippen molar-refractivity contribution < 1.29 is 14.0 Å². The molecule has 3 aromatic rings. The Labute approximate surface area is 197 Å². The first kappa shape index (κ1) is 21.7. The van der Waals surface area contributed by atoms with Crippen LogP contribution in [-0.4, -0.2) is 42.9 Å². The molecule has 170 valence electrons. The van der Waals surface area contributed by atoms with Crippen LogP contribution in [0.5, 0.6) is 0 Å². The Balaban J connectivity index is 1.29. The molecular formula is C29H33N2O2+. The van der Waals surface area contributed by atoms with Gasteiger partial charge in [-0.2, -0.15) is 0 Å². The Kier molecular flexibility index (Phi) is 6.45. The van der Waals surface area contributed by atoms with E-state index in [1.54, 1.807) is 4.90 Å². The van der Waals surface area contributed by atoms with Gasteiger partial charge >= 0.3 is 6.09 Å². The minimum absolute atomic E-state index is 0.00208. The van der Waals surface area contributed by atoms with Gasteiger partial charge in [-0.3, -0.25) is 4.90 Å². The van der Waals surface area contributed by atoms with Gasteiger partial charge in [0.1, 0.15) is 6.54 Å². The number of rotatable bonds is 7. The van der Waals surface area contributed by atoms with Crippen molar-refractivity contribution in [2.24, 2.45) is 5.92 Å². The monoisotopic (exact) mass is 441 g/mol. The van der Waals surface area contributed by atoms with E-state index in [2.05, 4.69) is 42.5 Å². The van der Waals surface area contributed by atoms with Gasteiger partial charge < -0.3 is 9.22 Å². The molecule has 0 aliphatic carbocycles. The lowest BCUT2D eigenvalue weighted by Crippen LogP contribution is -2.65. The van der Waals surface area contributed by atoms with E-state index in [4.69, 9.17) is 4.74 Å². The molecule has 1 amide bonds. The maximum Gasteiger partial charge on any atom is 0.415 e. The first-order valence-corrected chi connectivity index (χ1v) is 12.2. The zero-order valence-corrected chi connectivity index (χ0v) is 19.2. The lowest BCUT2D eigenvalue weighted by atomic mass is 9.83. The van der Waals surface area contributed by atoms with Crippen LogP contribution in [0, 0.1) is 5.92 Å². The first-order valence-electron chi connectivity index (χ1n) is 12.2. The predicted octanol–water partition coefficient (Wildman–Crippen LogP) is 5.68. The number of carbonyl (C=O) groups excluding carboxylic acids is 1. The maximum absolute atomic E-state index is 13.5. The van der Waals surface area contributed by atoms with Crippen LogP contribution in [0.25, 0.3) is 0 Å². The summed E-state index contributed by atoms with van der Waals surface area (Å²) in [5, 5.41) is 0. The molecule has 0 saturated carbocycles. The molecule has 3 saturated heterocycles. The van der Waals surface area contributed by atoms with E-state index in [0.29, 0.717) is 12.5 Å². The number of amides is 1. The van der Waals surface area contributed by atoms with Gasteiger partial charge in [0.2, 0.25) is 0 Å². The van der Waals surface area contributed by atoms with E-state index < -0.39 is 0 Å². The smallest absolute Gasteiger partial charge is 0.415 e. The molecule has 33 heavy (non-hydrogen) atoms. The van der Waals surface area contributed by atoms with Crippen molar-refractivity contribution in [2.75, 3.05) is 31.1 Å². The Hall–Kier alpha value is -3.11. The molecule has 3 aliphatic heterocycles. The lowest BCUT2D eigenvalue weighted by molar-refractivity contribution is -0.945. The van der Waals surface area contributed by atoms with Gasteiger partial charge in [-0.15, -0.1) is 0 Å². The number of ether oxygens (including phenoxy) is 1. The van der Waals surface area contributed by atoms with Crippen molar-refractivity contribution in [1.82, 2.24) is 0 Å². The third kappa shape index (κ3) is 5.12. The summed E-state index contributed by atoms with van der Waals surface area (Å²) in [4.78, 5) is 15.3. The predicted molar refractivity (Wildman–Crippen MR) is 132 cm³/mol. The van der Waals surface area contributed by atoms with Gasteiger partial charge in [0.05, 0.1) is 26.2 Å². The number of hydrogen-bond donors (Lipinski definition) is 0. The number of carbonyl (C=O) groups is 1. The number of piperidine rings is 3. The minimum Gasteiger partial charge on any atom is -0.440 e. The average molecular weight is 442 g/mol. The molecule has 0 radical (unpaired) electrons. The number of quaternary nitrogens is 1. The highest BCUT2D eigenvalue weighted by Gasteiger charge is 2.47. The fraction of sp³-hybridized carbons (Fsp3) is 0.345. The lowest BCUT2D eigenvalue weighted by Gasteiger charge is -2.52. The van der Waals surface area contributed by atoms with Crippen molar-refractivity contribution in [1.29, 1.82) is 0 Å². The number of nitrogens with zero attached hydrogens (tertiary/aromatic N) is 2. The molecule has 3 fully saturated rings. The molecule has 1 atom stereocenters. The first-order chi connectivity index (χ1) is 16.2. The van der Waals surface area contributed by atoms with Crippen LogP contribution in [0.3, 0.4) is 0 Å². The molecule has 0 aromatic heterocycles.